The maximum Gasteiger partial charge on any atom is 0.225 e. The quantitative estimate of drug-likeness (QED) is 0.569. The van der Waals surface area contributed by atoms with Gasteiger partial charge in [-0.15, -0.1) is 0 Å². The Morgan fingerprint density at radius 2 is 2.08 bits per heavy atom. The molecule has 0 saturated carbocycles. The zero-order chi connectivity index (χ0) is 9.36. The van der Waals surface area contributed by atoms with Crippen LogP contribution in [-0.2, 0) is 4.74 Å². The average Bonchev–Trinajstić information content (AvgIpc) is 2.19. The Kier molecular flexibility index (Phi) is 4.73. The van der Waals surface area contributed by atoms with Crippen LogP contribution in [0, 0.1) is 0 Å². The number of aliphatic hydroxyl groups is 1. The van der Waals surface area contributed by atoms with Crippen molar-refractivity contribution in [1.29, 1.82) is 0 Å². The van der Waals surface area contributed by atoms with Gasteiger partial charge >= 0.3 is 0 Å². The van der Waals surface area contributed by atoms with Crippen molar-refractivity contribution in [1.82, 2.24) is 15.0 Å². The van der Waals surface area contributed by atoms with Crippen LogP contribution in [0.5, 0.6) is 0 Å². The van der Waals surface area contributed by atoms with Crippen LogP contribution < -0.4 is 5.32 Å². The van der Waals surface area contributed by atoms with Crippen molar-refractivity contribution in [3.8, 4) is 0 Å². The van der Waals surface area contributed by atoms with Gasteiger partial charge in [-0.25, -0.2) is 15.0 Å². The fourth-order valence-electron chi connectivity index (χ4n) is 0.732. The third-order valence-corrected chi connectivity index (χ3v) is 1.26. The van der Waals surface area contributed by atoms with Crippen LogP contribution in [0.4, 0.5) is 5.95 Å². The van der Waals surface area contributed by atoms with Crippen molar-refractivity contribution >= 4 is 5.95 Å². The molecule has 1 heterocycles. The maximum atomic E-state index is 8.40. The number of nitrogens with one attached hydrogen (secondary N) is 1. The molecule has 0 atom stereocenters. The number of ether oxygens (including phenoxy) is 1. The Morgan fingerprint density at radius 3 is 2.77 bits per heavy atom. The smallest absolute Gasteiger partial charge is 0.225 e. The number of anilines is 1. The molecule has 0 aliphatic rings. The molecule has 0 saturated heterocycles. The normalized spacial score (nSPS) is 9.92. The molecule has 0 aliphatic heterocycles. The molecule has 0 radical (unpaired) electrons. The lowest BCUT2D eigenvalue weighted by atomic mass is 10.6. The molecule has 13 heavy (non-hydrogen) atoms. The van der Waals surface area contributed by atoms with Crippen LogP contribution in [0.1, 0.15) is 0 Å². The van der Waals surface area contributed by atoms with Gasteiger partial charge in [0.1, 0.15) is 12.7 Å². The van der Waals surface area contributed by atoms with Gasteiger partial charge in [0.25, 0.3) is 0 Å². The number of aromatic nitrogens is 3. The Bertz CT molecular complexity index is 219. The summed E-state index contributed by atoms with van der Waals surface area (Å²) in [6.45, 7) is 1.54. The second kappa shape index (κ2) is 6.27. The van der Waals surface area contributed by atoms with Gasteiger partial charge in [0.2, 0.25) is 5.95 Å². The Morgan fingerprint density at radius 1 is 1.31 bits per heavy atom. The van der Waals surface area contributed by atoms with Crippen molar-refractivity contribution in [3.63, 3.8) is 0 Å². The summed E-state index contributed by atoms with van der Waals surface area (Å²) in [7, 11) is 0. The van der Waals surface area contributed by atoms with Crippen LogP contribution in [0.25, 0.3) is 0 Å². The molecule has 1 aromatic rings. The molecule has 0 bridgehead atoms. The molecule has 6 heteroatoms. The van der Waals surface area contributed by atoms with Gasteiger partial charge in [-0.1, -0.05) is 0 Å². The zero-order valence-corrected chi connectivity index (χ0v) is 7.18. The SMILES string of the molecule is OCCOCCNc1ncncn1. The van der Waals surface area contributed by atoms with Gasteiger partial charge in [-0.3, -0.25) is 0 Å². The Hall–Kier alpha value is -1.27. The summed E-state index contributed by atoms with van der Waals surface area (Å²) in [5, 5.41) is 11.3. The lowest BCUT2D eigenvalue weighted by Crippen LogP contribution is -2.12. The number of hydrogen-bond donors (Lipinski definition) is 2. The zero-order valence-electron chi connectivity index (χ0n) is 7.18. The minimum absolute atomic E-state index is 0.0474. The van der Waals surface area contributed by atoms with Gasteiger partial charge in [0.15, 0.2) is 0 Å². The first-order valence-corrected chi connectivity index (χ1v) is 3.98. The maximum absolute atomic E-state index is 8.40. The van der Waals surface area contributed by atoms with Crippen LogP contribution in [0.2, 0.25) is 0 Å². The molecule has 0 aliphatic carbocycles. The molecule has 0 amide bonds. The van der Waals surface area contributed by atoms with E-state index >= 15 is 0 Å². The summed E-state index contributed by atoms with van der Waals surface area (Å²) < 4.78 is 5.02. The summed E-state index contributed by atoms with van der Waals surface area (Å²) in [4.78, 5) is 11.4. The van der Waals surface area contributed by atoms with Crippen molar-refractivity contribution in [2.24, 2.45) is 0 Å². The minimum atomic E-state index is 0.0474. The van der Waals surface area contributed by atoms with Gasteiger partial charge in [0, 0.05) is 6.54 Å². The lowest BCUT2D eigenvalue weighted by molar-refractivity contribution is 0.0991. The Labute approximate surface area is 76.0 Å². The number of hydrogen-bond acceptors (Lipinski definition) is 6. The van der Waals surface area contributed by atoms with E-state index in [2.05, 4.69) is 20.3 Å². The van der Waals surface area contributed by atoms with Crippen LogP contribution in [0.15, 0.2) is 12.7 Å². The third-order valence-electron chi connectivity index (χ3n) is 1.26. The van der Waals surface area contributed by atoms with Crippen LogP contribution in [-0.4, -0.2) is 46.4 Å². The summed E-state index contributed by atoms with van der Waals surface area (Å²) in [6, 6.07) is 0. The minimum Gasteiger partial charge on any atom is -0.394 e. The van der Waals surface area contributed by atoms with E-state index < -0.39 is 0 Å². The third kappa shape index (κ3) is 4.34. The van der Waals surface area contributed by atoms with E-state index in [1.165, 1.54) is 12.7 Å². The lowest BCUT2D eigenvalue weighted by Gasteiger charge is -2.03. The number of nitrogens with zero attached hydrogens (tertiary/aromatic N) is 3. The molecule has 0 unspecified atom stereocenters. The van der Waals surface area contributed by atoms with Crippen molar-refractivity contribution < 1.29 is 9.84 Å². The predicted octanol–water partition coefficient (Wildman–Crippen LogP) is -0.708. The largest absolute Gasteiger partial charge is 0.394 e. The second-order valence-electron chi connectivity index (χ2n) is 2.22. The molecule has 1 rings (SSSR count). The van der Waals surface area contributed by atoms with E-state index in [9.17, 15) is 0 Å². The monoisotopic (exact) mass is 184 g/mol. The molecule has 0 fully saturated rings. The number of aliphatic hydroxyl groups excluding tert-OH is 1. The molecule has 72 valence electrons. The fraction of sp³-hybridized carbons (Fsp3) is 0.571. The highest BCUT2D eigenvalue weighted by atomic mass is 16.5. The van der Waals surface area contributed by atoms with E-state index in [1.54, 1.807) is 0 Å². The van der Waals surface area contributed by atoms with E-state index in [1.807, 2.05) is 0 Å². The first-order chi connectivity index (χ1) is 6.43. The van der Waals surface area contributed by atoms with Gasteiger partial charge in [0.05, 0.1) is 19.8 Å². The highest BCUT2D eigenvalue weighted by Crippen LogP contribution is 1.89. The second-order valence-corrected chi connectivity index (χ2v) is 2.22. The average molecular weight is 184 g/mol. The van der Waals surface area contributed by atoms with Crippen molar-refractivity contribution in [3.05, 3.63) is 12.7 Å². The highest BCUT2D eigenvalue weighted by Gasteiger charge is 1.91. The summed E-state index contributed by atoms with van der Waals surface area (Å²) in [5.41, 5.74) is 0. The standard InChI is InChI=1S/C7H12N4O2/c12-2-4-13-3-1-9-7-10-5-8-6-11-7/h5-6,12H,1-4H2,(H,8,9,10,11). The molecule has 2 N–H and O–H groups in total. The summed E-state index contributed by atoms with van der Waals surface area (Å²) in [6.07, 6.45) is 2.84. The van der Waals surface area contributed by atoms with Gasteiger partial charge in [-0.05, 0) is 0 Å². The highest BCUT2D eigenvalue weighted by molar-refractivity contribution is 5.19. The van der Waals surface area contributed by atoms with E-state index in [4.69, 9.17) is 9.84 Å². The predicted molar refractivity (Wildman–Crippen MR) is 46.2 cm³/mol. The first kappa shape index (κ1) is 9.82. The van der Waals surface area contributed by atoms with Gasteiger partial charge in [-0.2, -0.15) is 0 Å². The summed E-state index contributed by atoms with van der Waals surface area (Å²) >= 11 is 0. The first-order valence-electron chi connectivity index (χ1n) is 3.98. The molecular weight excluding hydrogens is 172 g/mol. The number of rotatable bonds is 6. The molecule has 6 nitrogen and oxygen atoms in total. The topological polar surface area (TPSA) is 80.2 Å². The Balaban J connectivity index is 2.07. The van der Waals surface area contributed by atoms with Gasteiger partial charge < -0.3 is 15.2 Å². The fourth-order valence-corrected chi connectivity index (χ4v) is 0.732. The molecular formula is C7H12N4O2. The molecule has 0 spiro atoms. The van der Waals surface area contributed by atoms with Crippen molar-refractivity contribution in [2.45, 2.75) is 0 Å². The van der Waals surface area contributed by atoms with Crippen LogP contribution in [0.3, 0.4) is 0 Å². The van der Waals surface area contributed by atoms with Crippen molar-refractivity contribution in [2.75, 3.05) is 31.7 Å². The van der Waals surface area contributed by atoms with E-state index in [-0.39, 0.29) is 6.61 Å². The van der Waals surface area contributed by atoms with E-state index in [0.29, 0.717) is 25.7 Å². The molecule has 0 aromatic carbocycles. The summed E-state index contributed by atoms with van der Waals surface area (Å²) in [5.74, 6) is 0.530. The van der Waals surface area contributed by atoms with E-state index in [0.717, 1.165) is 0 Å². The van der Waals surface area contributed by atoms with Crippen LogP contribution >= 0.6 is 0 Å². The molecule has 1 aromatic heterocycles.